The van der Waals surface area contributed by atoms with Gasteiger partial charge >= 0.3 is 6.09 Å². The second kappa shape index (κ2) is 27.5. The highest BCUT2D eigenvalue weighted by atomic mass is 16.5. The van der Waals surface area contributed by atoms with E-state index in [9.17, 15) is 47.9 Å². The summed E-state index contributed by atoms with van der Waals surface area (Å²) in [4.78, 5) is 144. The van der Waals surface area contributed by atoms with Crippen molar-refractivity contribution in [3.05, 3.63) is 180 Å². The normalized spacial score (nSPS) is 14.4. The van der Waals surface area contributed by atoms with Crippen molar-refractivity contribution in [3.8, 4) is 5.69 Å². The maximum absolute atomic E-state index is 14.0. The molecule has 0 spiro atoms. The summed E-state index contributed by atoms with van der Waals surface area (Å²) in [5.74, 6) is -3.68. The van der Waals surface area contributed by atoms with Crippen molar-refractivity contribution in [2.24, 2.45) is 0 Å². The van der Waals surface area contributed by atoms with E-state index >= 15 is 0 Å². The van der Waals surface area contributed by atoms with E-state index in [2.05, 4.69) is 31.2 Å². The second-order valence-corrected chi connectivity index (χ2v) is 22.1. The third kappa shape index (κ3) is 13.9. The molecule has 2 atom stereocenters. The number of imidazole rings is 1. The Hall–Kier alpha value is -10.2. The average molecular weight is 1190 g/mol. The Balaban J connectivity index is 0.659. The van der Waals surface area contributed by atoms with Gasteiger partial charge in [-0.3, -0.25) is 63.2 Å². The van der Waals surface area contributed by atoms with Crippen LogP contribution in [0.2, 0.25) is 0 Å². The van der Waals surface area contributed by atoms with Crippen molar-refractivity contribution in [1.82, 2.24) is 44.7 Å². The molecule has 22 heteroatoms. The predicted molar refractivity (Wildman–Crippen MR) is 328 cm³/mol. The first kappa shape index (κ1) is 60.9. The molecule has 0 bridgehead atoms. The van der Waals surface area contributed by atoms with Gasteiger partial charge in [0.25, 0.3) is 35.4 Å². The van der Waals surface area contributed by atoms with Crippen molar-refractivity contribution in [1.29, 1.82) is 0 Å². The molecule has 10 rings (SSSR count). The van der Waals surface area contributed by atoms with Crippen LogP contribution in [0.15, 0.2) is 146 Å². The van der Waals surface area contributed by atoms with Gasteiger partial charge in [-0.1, -0.05) is 73.2 Å². The highest BCUT2D eigenvalue weighted by Crippen LogP contribution is 2.36. The molecule has 4 heterocycles. The van der Waals surface area contributed by atoms with Crippen LogP contribution in [0.3, 0.4) is 0 Å². The van der Waals surface area contributed by atoms with Crippen molar-refractivity contribution in [3.63, 3.8) is 0 Å². The van der Waals surface area contributed by atoms with Crippen LogP contribution >= 0.6 is 0 Å². The van der Waals surface area contributed by atoms with Crippen LogP contribution in [0.1, 0.15) is 91.6 Å². The molecule has 2 unspecified atom stereocenters. The molecule has 0 fully saturated rings. The number of hydrogen-bond donors (Lipinski definition) is 4. The number of benzene rings is 6. The number of imide groups is 3. The summed E-state index contributed by atoms with van der Waals surface area (Å²) in [6.07, 6.45) is 9.50. The predicted octanol–water partition coefficient (Wildman–Crippen LogP) is 6.73. The van der Waals surface area contributed by atoms with E-state index in [1.807, 2.05) is 78.3 Å². The van der Waals surface area contributed by atoms with E-state index < -0.39 is 41.8 Å². The summed E-state index contributed by atoms with van der Waals surface area (Å²) >= 11 is 0. The number of likely N-dealkylation sites (N-methyl/N-ethyl adjacent to an activating group) is 2. The zero-order valence-corrected chi connectivity index (χ0v) is 49.0. The van der Waals surface area contributed by atoms with Gasteiger partial charge in [-0.05, 0) is 113 Å². The molecule has 10 amide bonds. The summed E-state index contributed by atoms with van der Waals surface area (Å²) in [6, 6.07) is 31.2. The van der Waals surface area contributed by atoms with Crippen LogP contribution in [0, 0.1) is 0 Å². The maximum atomic E-state index is 14.0. The summed E-state index contributed by atoms with van der Waals surface area (Å²) in [5.41, 5.74) is 4.59. The third-order valence-corrected chi connectivity index (χ3v) is 15.9. The molecule has 3 aliphatic rings. The minimum Gasteiger partial charge on any atom is -0.444 e. The Bertz CT molecular complexity index is 3830. The zero-order valence-electron chi connectivity index (χ0n) is 49.0. The van der Waals surface area contributed by atoms with E-state index in [-0.39, 0.29) is 68.6 Å². The molecule has 1 aromatic heterocycles. The Morgan fingerprint density at radius 2 is 1.16 bits per heavy atom. The number of anilines is 2. The fraction of sp³-hybridized carbons (Fsp3) is 0.288. The quantitative estimate of drug-likeness (QED) is 0.0308. The van der Waals surface area contributed by atoms with Crippen LogP contribution in [0.4, 0.5) is 16.2 Å². The molecule has 6 aromatic carbocycles. The Kier molecular flexibility index (Phi) is 19.0. The Morgan fingerprint density at radius 3 is 1.78 bits per heavy atom. The number of nitrogens with one attached hydrogen (secondary N) is 4. The molecule has 0 saturated carbocycles. The molecule has 0 aliphatic carbocycles. The number of hydrogen-bond acceptors (Lipinski definition) is 14. The van der Waals surface area contributed by atoms with Crippen molar-refractivity contribution in [2.45, 2.75) is 64.1 Å². The number of amides is 10. The smallest absolute Gasteiger partial charge is 0.411 e. The molecule has 88 heavy (non-hydrogen) atoms. The molecular formula is C66H67N11O11. The van der Waals surface area contributed by atoms with Crippen LogP contribution in [-0.2, 0) is 41.7 Å². The first-order chi connectivity index (χ1) is 42.5. The first-order valence-electron chi connectivity index (χ1n) is 29.2. The summed E-state index contributed by atoms with van der Waals surface area (Å²) in [5, 5.41) is 13.4. The molecular weight excluding hydrogens is 1120 g/mol. The van der Waals surface area contributed by atoms with Gasteiger partial charge in [-0.15, -0.1) is 0 Å². The molecule has 4 N–H and O–H groups in total. The molecule has 7 aromatic rings. The van der Waals surface area contributed by atoms with E-state index in [1.54, 1.807) is 79.3 Å². The molecule has 0 radical (unpaired) electrons. The number of carbonyl (C=O) groups excluding carboxylic acids is 10. The number of rotatable bonds is 27. The number of aromatic nitrogens is 2. The lowest BCUT2D eigenvalue weighted by Crippen LogP contribution is -2.52. The van der Waals surface area contributed by atoms with Gasteiger partial charge in [-0.25, -0.2) is 9.78 Å². The van der Waals surface area contributed by atoms with Gasteiger partial charge in [0.15, 0.2) is 0 Å². The fourth-order valence-corrected chi connectivity index (χ4v) is 11.1. The highest BCUT2D eigenvalue weighted by molar-refractivity contribution is 6.28. The van der Waals surface area contributed by atoms with Gasteiger partial charge in [0.1, 0.15) is 18.7 Å². The number of ether oxygens (including phenoxy) is 1. The lowest BCUT2D eigenvalue weighted by molar-refractivity contribution is -0.137. The number of carbonyl (C=O) groups is 10. The average Bonchev–Trinajstić information content (AvgIpc) is 1.54. The number of unbranched alkanes of at least 4 members (excludes halogenated alkanes) is 2. The van der Waals surface area contributed by atoms with Gasteiger partial charge < -0.3 is 35.1 Å². The van der Waals surface area contributed by atoms with Crippen LogP contribution in [0.25, 0.3) is 27.2 Å². The SMILES string of the molecule is CC(NC(=O)CCCCCN1C(=O)C=CC1=O)C(=O)NC(Cc1ccccc1)C(=O)Nc1ccc(COC(=O)Nc2ccc3c4c(cccc24)C(=O)N(CCN(C)CCCN(C)CCN2C(=O)c4cccc5c(-n6ccnc6)ccc(c45)C2=O)C3=O)cc1. The van der Waals surface area contributed by atoms with Gasteiger partial charge in [-0.2, -0.15) is 0 Å². The minimum atomic E-state index is -1.02. The summed E-state index contributed by atoms with van der Waals surface area (Å²) in [7, 11) is 3.86. The Labute approximate surface area is 507 Å². The van der Waals surface area contributed by atoms with Gasteiger partial charge in [0, 0.05) is 120 Å². The van der Waals surface area contributed by atoms with E-state index in [0.29, 0.717) is 101 Å². The van der Waals surface area contributed by atoms with Crippen LogP contribution in [0.5, 0.6) is 0 Å². The van der Waals surface area contributed by atoms with Crippen molar-refractivity contribution >= 4 is 92.2 Å². The van der Waals surface area contributed by atoms with Crippen LogP contribution in [-0.4, -0.2) is 165 Å². The van der Waals surface area contributed by atoms with Crippen molar-refractivity contribution < 1.29 is 52.7 Å². The first-order valence-corrected chi connectivity index (χ1v) is 29.2. The molecule has 452 valence electrons. The molecule has 0 saturated heterocycles. The molecule has 22 nitrogen and oxygen atoms in total. The fourth-order valence-electron chi connectivity index (χ4n) is 11.1. The number of nitrogens with zero attached hydrogens (tertiary/aromatic N) is 7. The molecule has 3 aliphatic heterocycles. The second-order valence-electron chi connectivity index (χ2n) is 22.1. The van der Waals surface area contributed by atoms with Gasteiger partial charge in [0.05, 0.1) is 17.7 Å². The van der Waals surface area contributed by atoms with E-state index in [4.69, 9.17) is 4.74 Å². The standard InChI is InChI=1S/C66H67N11O11/c1-42(68-55(78)19-8-5-9-33-75-56(79)28-29-57(75)80)60(81)70-53(39-43-13-6-4-7-14-43)61(82)69-45-22-20-44(21-23-45)40-88-66(87)71-52-26-24-50-58-46(52)15-10-17-48(58)62(83)76(64(50)85)37-35-72(2)31-12-32-73(3)36-38-77-63(84)49-18-11-16-47-54(74-34-30-67-41-74)27-25-51(59(47)49)65(77)86/h4,6-7,10-11,13-18,20-30,34,41-42,53H,5,8-9,12,19,31-33,35-40H2,1-3H3,(H,68,78)(H,69,82)(H,70,81)(H,71,87). The van der Waals surface area contributed by atoms with E-state index in [0.717, 1.165) is 28.0 Å². The lowest BCUT2D eigenvalue weighted by atomic mass is 9.93. The Morgan fingerprint density at radius 1 is 0.557 bits per heavy atom. The van der Waals surface area contributed by atoms with Crippen LogP contribution < -0.4 is 21.3 Å². The zero-order chi connectivity index (χ0) is 62.0. The summed E-state index contributed by atoms with van der Waals surface area (Å²) < 4.78 is 7.43. The third-order valence-electron chi connectivity index (χ3n) is 15.9. The van der Waals surface area contributed by atoms with E-state index in [1.165, 1.54) is 28.9 Å². The largest absolute Gasteiger partial charge is 0.444 e. The van der Waals surface area contributed by atoms with Gasteiger partial charge in [0.2, 0.25) is 17.7 Å². The van der Waals surface area contributed by atoms with Crippen molar-refractivity contribution in [2.75, 3.05) is 70.5 Å². The monoisotopic (exact) mass is 1190 g/mol. The maximum Gasteiger partial charge on any atom is 0.411 e. The summed E-state index contributed by atoms with van der Waals surface area (Å²) in [6.45, 7) is 4.23. The lowest BCUT2D eigenvalue weighted by Gasteiger charge is -2.30. The highest BCUT2D eigenvalue weighted by Gasteiger charge is 2.36. The minimum absolute atomic E-state index is 0.130. The topological polar surface area (TPSA) is 262 Å².